The van der Waals surface area contributed by atoms with E-state index in [0.29, 0.717) is 6.04 Å². The second kappa shape index (κ2) is 6.06. The van der Waals surface area contributed by atoms with Gasteiger partial charge in [0.1, 0.15) is 0 Å². The first-order valence-electron chi connectivity index (χ1n) is 6.83. The minimum absolute atomic E-state index is 0.000980. The summed E-state index contributed by atoms with van der Waals surface area (Å²) in [7, 11) is 0. The van der Waals surface area contributed by atoms with Crippen LogP contribution < -0.4 is 10.2 Å². The van der Waals surface area contributed by atoms with E-state index in [4.69, 9.17) is 4.74 Å². The summed E-state index contributed by atoms with van der Waals surface area (Å²) in [5.41, 5.74) is 2.03. The summed E-state index contributed by atoms with van der Waals surface area (Å²) in [5.74, 6) is 0.0476. The van der Waals surface area contributed by atoms with E-state index in [2.05, 4.69) is 29.3 Å². The molecule has 1 saturated heterocycles. The quantitative estimate of drug-likeness (QED) is 0.910. The second-order valence-corrected chi connectivity index (χ2v) is 5.31. The highest BCUT2D eigenvalue weighted by Gasteiger charge is 2.18. The number of nitrogens with zero attached hydrogens (tertiary/aromatic N) is 1. The van der Waals surface area contributed by atoms with Gasteiger partial charge in [0, 0.05) is 29.9 Å². The molecule has 1 aliphatic rings. The Bertz CT molecular complexity index is 428. The molecule has 104 valence electrons. The first kappa shape index (κ1) is 13.9. The molecule has 1 unspecified atom stereocenters. The Kier molecular flexibility index (Phi) is 4.43. The number of morpholine rings is 1. The van der Waals surface area contributed by atoms with Gasteiger partial charge in [0.25, 0.3) is 0 Å². The van der Waals surface area contributed by atoms with Gasteiger partial charge < -0.3 is 15.0 Å². The Morgan fingerprint density at radius 2 is 2.05 bits per heavy atom. The molecule has 0 aromatic heterocycles. The highest BCUT2D eigenvalue weighted by Crippen LogP contribution is 2.22. The lowest BCUT2D eigenvalue weighted by molar-refractivity contribution is -0.118. The number of rotatable bonds is 3. The summed E-state index contributed by atoms with van der Waals surface area (Å²) in [6.45, 7) is 8.40. The molecule has 0 saturated carbocycles. The molecular formula is C15H22N2O2. The summed E-state index contributed by atoms with van der Waals surface area (Å²) in [5, 5.41) is 2.90. The van der Waals surface area contributed by atoms with Crippen molar-refractivity contribution >= 4 is 17.3 Å². The van der Waals surface area contributed by atoms with Crippen LogP contribution in [0.25, 0.3) is 0 Å². The third-order valence-electron chi connectivity index (χ3n) is 3.36. The molecule has 4 heteroatoms. The molecule has 4 nitrogen and oxygen atoms in total. The number of amides is 1. The van der Waals surface area contributed by atoms with Gasteiger partial charge >= 0.3 is 0 Å². The second-order valence-electron chi connectivity index (χ2n) is 5.31. The smallest absolute Gasteiger partial charge is 0.226 e. The van der Waals surface area contributed by atoms with Crippen molar-refractivity contribution in [3.63, 3.8) is 0 Å². The van der Waals surface area contributed by atoms with Crippen LogP contribution in [0, 0.1) is 5.92 Å². The number of hydrogen-bond acceptors (Lipinski definition) is 3. The number of nitrogens with one attached hydrogen (secondary N) is 1. The van der Waals surface area contributed by atoms with Gasteiger partial charge in [-0.15, -0.1) is 0 Å². The van der Waals surface area contributed by atoms with Crippen LogP contribution in [-0.2, 0) is 9.53 Å². The fourth-order valence-corrected chi connectivity index (χ4v) is 2.13. The van der Waals surface area contributed by atoms with Gasteiger partial charge in [-0.2, -0.15) is 0 Å². The van der Waals surface area contributed by atoms with Crippen LogP contribution in [0.4, 0.5) is 11.4 Å². The lowest BCUT2D eigenvalue weighted by Crippen LogP contribution is -2.43. The lowest BCUT2D eigenvalue weighted by atomic mass is 10.1. The summed E-state index contributed by atoms with van der Waals surface area (Å²) in [6.07, 6.45) is 0. The van der Waals surface area contributed by atoms with E-state index in [9.17, 15) is 4.79 Å². The van der Waals surface area contributed by atoms with Crippen LogP contribution in [-0.4, -0.2) is 31.7 Å². The maximum absolute atomic E-state index is 11.6. The molecule has 1 fully saturated rings. The van der Waals surface area contributed by atoms with Crippen LogP contribution in [0.2, 0.25) is 0 Å². The zero-order valence-electron chi connectivity index (χ0n) is 11.8. The van der Waals surface area contributed by atoms with Gasteiger partial charge in [-0.1, -0.05) is 13.8 Å². The molecule has 0 spiro atoms. The molecule has 1 amide bonds. The van der Waals surface area contributed by atoms with Gasteiger partial charge in [-0.25, -0.2) is 0 Å². The summed E-state index contributed by atoms with van der Waals surface area (Å²) < 4.78 is 5.44. The third kappa shape index (κ3) is 3.47. The van der Waals surface area contributed by atoms with Crippen LogP contribution in [0.1, 0.15) is 20.8 Å². The van der Waals surface area contributed by atoms with Gasteiger partial charge in [-0.05, 0) is 31.2 Å². The Hall–Kier alpha value is -1.55. The first-order valence-corrected chi connectivity index (χ1v) is 6.83. The van der Waals surface area contributed by atoms with E-state index in [-0.39, 0.29) is 11.8 Å². The number of anilines is 2. The Morgan fingerprint density at radius 1 is 1.37 bits per heavy atom. The van der Waals surface area contributed by atoms with E-state index in [0.717, 1.165) is 25.4 Å². The largest absolute Gasteiger partial charge is 0.377 e. The summed E-state index contributed by atoms with van der Waals surface area (Å²) in [6, 6.07) is 8.41. The standard InChI is InChI=1S/C15H22N2O2/c1-11(2)15(18)16-13-4-6-14(7-5-13)17-8-9-19-10-12(17)3/h4-7,11-12H,8-10H2,1-3H3,(H,16,18). The monoisotopic (exact) mass is 262 g/mol. The molecule has 0 aliphatic carbocycles. The van der Waals surface area contributed by atoms with Crippen LogP contribution >= 0.6 is 0 Å². The molecule has 2 rings (SSSR count). The van der Waals surface area contributed by atoms with Gasteiger partial charge in [-0.3, -0.25) is 4.79 Å². The molecule has 19 heavy (non-hydrogen) atoms. The molecule has 1 N–H and O–H groups in total. The predicted molar refractivity (Wildman–Crippen MR) is 77.5 cm³/mol. The van der Waals surface area contributed by atoms with Gasteiger partial charge in [0.2, 0.25) is 5.91 Å². The topological polar surface area (TPSA) is 41.6 Å². The lowest BCUT2D eigenvalue weighted by Gasteiger charge is -2.35. The summed E-state index contributed by atoms with van der Waals surface area (Å²) in [4.78, 5) is 13.9. The van der Waals surface area contributed by atoms with E-state index in [1.807, 2.05) is 26.0 Å². The SMILES string of the molecule is CC(C)C(=O)Nc1ccc(N2CCOCC2C)cc1. The van der Waals surface area contributed by atoms with E-state index in [1.54, 1.807) is 0 Å². The Balaban J connectivity index is 2.03. The molecule has 0 bridgehead atoms. The van der Waals surface area contributed by atoms with Crippen molar-refractivity contribution in [2.24, 2.45) is 5.92 Å². The molecule has 1 atom stereocenters. The molecule has 1 heterocycles. The number of carbonyl (C=O) groups excluding carboxylic acids is 1. The number of benzene rings is 1. The minimum atomic E-state index is -0.000980. The normalized spacial score (nSPS) is 19.6. The van der Waals surface area contributed by atoms with E-state index < -0.39 is 0 Å². The van der Waals surface area contributed by atoms with Crippen LogP contribution in [0.3, 0.4) is 0 Å². The molecule has 0 radical (unpaired) electrons. The number of hydrogen-bond donors (Lipinski definition) is 1. The molecule has 1 aromatic rings. The third-order valence-corrected chi connectivity index (χ3v) is 3.36. The Morgan fingerprint density at radius 3 is 2.63 bits per heavy atom. The number of ether oxygens (including phenoxy) is 1. The molecular weight excluding hydrogens is 240 g/mol. The van der Waals surface area contributed by atoms with Crippen molar-refractivity contribution in [3.8, 4) is 0 Å². The predicted octanol–water partition coefficient (Wildman–Crippen LogP) is 2.51. The maximum atomic E-state index is 11.6. The highest BCUT2D eigenvalue weighted by atomic mass is 16.5. The minimum Gasteiger partial charge on any atom is -0.377 e. The average molecular weight is 262 g/mol. The van der Waals surface area contributed by atoms with E-state index >= 15 is 0 Å². The first-order chi connectivity index (χ1) is 9.08. The van der Waals surface area contributed by atoms with Crippen molar-refractivity contribution in [3.05, 3.63) is 24.3 Å². The van der Waals surface area contributed by atoms with E-state index in [1.165, 1.54) is 5.69 Å². The van der Waals surface area contributed by atoms with Crippen molar-refractivity contribution in [2.45, 2.75) is 26.8 Å². The molecule has 1 aromatic carbocycles. The maximum Gasteiger partial charge on any atom is 0.226 e. The average Bonchev–Trinajstić information content (AvgIpc) is 2.40. The fourth-order valence-electron chi connectivity index (χ4n) is 2.13. The van der Waals surface area contributed by atoms with Crippen molar-refractivity contribution < 1.29 is 9.53 Å². The van der Waals surface area contributed by atoms with Gasteiger partial charge in [0.05, 0.1) is 13.2 Å². The van der Waals surface area contributed by atoms with Gasteiger partial charge in [0.15, 0.2) is 0 Å². The highest BCUT2D eigenvalue weighted by molar-refractivity contribution is 5.92. The van der Waals surface area contributed by atoms with Crippen LogP contribution in [0.5, 0.6) is 0 Å². The zero-order valence-corrected chi connectivity index (χ0v) is 11.8. The molecule has 1 aliphatic heterocycles. The van der Waals surface area contributed by atoms with Crippen molar-refractivity contribution in [1.82, 2.24) is 0 Å². The van der Waals surface area contributed by atoms with Crippen LogP contribution in [0.15, 0.2) is 24.3 Å². The number of carbonyl (C=O) groups is 1. The van der Waals surface area contributed by atoms with Crippen molar-refractivity contribution in [1.29, 1.82) is 0 Å². The zero-order chi connectivity index (χ0) is 13.8. The Labute approximate surface area is 114 Å². The fraction of sp³-hybridized carbons (Fsp3) is 0.533. The summed E-state index contributed by atoms with van der Waals surface area (Å²) >= 11 is 0. The van der Waals surface area contributed by atoms with Crippen molar-refractivity contribution in [2.75, 3.05) is 30.0 Å².